The van der Waals surface area contributed by atoms with Gasteiger partial charge >= 0.3 is 6.18 Å². The summed E-state index contributed by atoms with van der Waals surface area (Å²) in [5.74, 6) is 1.03. The Balaban J connectivity index is 1.98. The third-order valence-electron chi connectivity index (χ3n) is 2.74. The Bertz CT molecular complexity index is 361. The van der Waals surface area contributed by atoms with E-state index in [1.54, 1.807) is 0 Å². The Labute approximate surface area is 91.1 Å². The van der Waals surface area contributed by atoms with Crippen LogP contribution in [-0.2, 0) is 6.18 Å². The molecule has 0 radical (unpaired) electrons. The van der Waals surface area contributed by atoms with E-state index in [-0.39, 0.29) is 0 Å². The van der Waals surface area contributed by atoms with Gasteiger partial charge in [0.2, 0.25) is 0 Å². The van der Waals surface area contributed by atoms with Crippen LogP contribution in [0.4, 0.5) is 19.0 Å². The number of hydrogen-bond donors (Lipinski definition) is 1. The maximum atomic E-state index is 12.2. The summed E-state index contributed by atoms with van der Waals surface area (Å²) in [6.45, 7) is 2.09. The zero-order valence-corrected chi connectivity index (χ0v) is 8.75. The summed E-state index contributed by atoms with van der Waals surface area (Å²) < 4.78 is 36.6. The molecule has 3 nitrogen and oxygen atoms in total. The average Bonchev–Trinajstić information content (AvgIpc) is 2.96. The van der Waals surface area contributed by atoms with Gasteiger partial charge in [-0.15, -0.1) is 10.2 Å². The molecule has 1 aromatic heterocycles. The van der Waals surface area contributed by atoms with Crippen molar-refractivity contribution in [1.82, 2.24) is 10.2 Å². The van der Waals surface area contributed by atoms with Crippen LogP contribution in [0.3, 0.4) is 0 Å². The van der Waals surface area contributed by atoms with Crippen LogP contribution in [-0.4, -0.2) is 16.2 Å². The number of anilines is 1. The fourth-order valence-electron chi connectivity index (χ4n) is 1.63. The van der Waals surface area contributed by atoms with E-state index >= 15 is 0 Å². The molecule has 0 bridgehead atoms. The third kappa shape index (κ3) is 2.43. The molecule has 0 aliphatic heterocycles. The number of hydrogen-bond acceptors (Lipinski definition) is 3. The predicted molar refractivity (Wildman–Crippen MR) is 52.8 cm³/mol. The summed E-state index contributed by atoms with van der Waals surface area (Å²) in [6.07, 6.45) is -2.29. The van der Waals surface area contributed by atoms with Crippen molar-refractivity contribution in [2.24, 2.45) is 5.92 Å². The molecule has 1 heterocycles. The lowest BCUT2D eigenvalue weighted by Gasteiger charge is -2.06. The zero-order valence-electron chi connectivity index (χ0n) is 8.75. The molecule has 0 aromatic carbocycles. The van der Waals surface area contributed by atoms with Crippen LogP contribution in [0.15, 0.2) is 12.1 Å². The average molecular weight is 231 g/mol. The number of halogens is 3. The van der Waals surface area contributed by atoms with Crippen LogP contribution in [0.5, 0.6) is 0 Å². The first-order valence-corrected chi connectivity index (χ1v) is 5.18. The zero-order chi connectivity index (χ0) is 11.8. The molecule has 1 aromatic rings. The first-order valence-electron chi connectivity index (χ1n) is 5.18. The maximum Gasteiger partial charge on any atom is 0.435 e. The van der Waals surface area contributed by atoms with E-state index in [0.717, 1.165) is 18.9 Å². The van der Waals surface area contributed by atoms with Gasteiger partial charge in [0.15, 0.2) is 5.69 Å². The lowest BCUT2D eigenvalue weighted by molar-refractivity contribution is -0.141. The van der Waals surface area contributed by atoms with Gasteiger partial charge in [-0.1, -0.05) is 13.3 Å². The summed E-state index contributed by atoms with van der Waals surface area (Å²) >= 11 is 0. The first kappa shape index (κ1) is 11.2. The van der Waals surface area contributed by atoms with Crippen molar-refractivity contribution in [2.45, 2.75) is 32.0 Å². The molecule has 1 aliphatic rings. The summed E-state index contributed by atoms with van der Waals surface area (Å²) in [5, 5.41) is 9.71. The molecule has 0 amide bonds. The topological polar surface area (TPSA) is 37.8 Å². The molecule has 88 valence electrons. The van der Waals surface area contributed by atoms with E-state index in [1.165, 1.54) is 6.07 Å². The SMILES string of the molecule is CCC1CC1Nc1ccc(C(F)(F)F)nn1. The molecule has 2 unspecified atom stereocenters. The van der Waals surface area contributed by atoms with Crippen molar-refractivity contribution in [2.75, 3.05) is 5.32 Å². The first-order chi connectivity index (χ1) is 7.50. The van der Waals surface area contributed by atoms with E-state index in [2.05, 4.69) is 22.4 Å². The maximum absolute atomic E-state index is 12.2. The highest BCUT2D eigenvalue weighted by molar-refractivity contribution is 5.36. The number of alkyl halides is 3. The lowest BCUT2D eigenvalue weighted by Crippen LogP contribution is -2.11. The quantitative estimate of drug-likeness (QED) is 0.869. The van der Waals surface area contributed by atoms with Gasteiger partial charge in [-0.2, -0.15) is 13.2 Å². The van der Waals surface area contributed by atoms with Gasteiger partial charge in [0.1, 0.15) is 5.82 Å². The molecule has 16 heavy (non-hydrogen) atoms. The van der Waals surface area contributed by atoms with E-state index < -0.39 is 11.9 Å². The fraction of sp³-hybridized carbons (Fsp3) is 0.600. The minimum absolute atomic E-state index is 0.344. The van der Waals surface area contributed by atoms with Crippen molar-refractivity contribution in [3.63, 3.8) is 0 Å². The van der Waals surface area contributed by atoms with Crippen LogP contribution in [0, 0.1) is 5.92 Å². The van der Waals surface area contributed by atoms with E-state index in [9.17, 15) is 13.2 Å². The second-order valence-corrected chi connectivity index (χ2v) is 3.96. The molecule has 0 spiro atoms. The third-order valence-corrected chi connectivity index (χ3v) is 2.74. The highest BCUT2D eigenvalue weighted by Crippen LogP contribution is 2.35. The van der Waals surface area contributed by atoms with Gasteiger partial charge in [-0.25, -0.2) is 0 Å². The van der Waals surface area contributed by atoms with E-state index in [0.29, 0.717) is 17.8 Å². The van der Waals surface area contributed by atoms with Crippen LogP contribution in [0.25, 0.3) is 0 Å². The summed E-state index contributed by atoms with van der Waals surface area (Å²) in [4.78, 5) is 0. The predicted octanol–water partition coefficient (Wildman–Crippen LogP) is 2.71. The molecular formula is C10H12F3N3. The Morgan fingerprint density at radius 2 is 2.12 bits per heavy atom. The van der Waals surface area contributed by atoms with Gasteiger partial charge in [0.25, 0.3) is 0 Å². The van der Waals surface area contributed by atoms with Crippen LogP contribution >= 0.6 is 0 Å². The minimum atomic E-state index is -4.42. The molecule has 1 aliphatic carbocycles. The van der Waals surface area contributed by atoms with Gasteiger partial charge < -0.3 is 5.32 Å². The van der Waals surface area contributed by atoms with Crippen LogP contribution in [0.2, 0.25) is 0 Å². The molecule has 2 rings (SSSR count). The number of aromatic nitrogens is 2. The standard InChI is InChI=1S/C10H12F3N3/c1-2-6-5-7(6)14-9-4-3-8(15-16-9)10(11,12)13/h3-4,6-7H,2,5H2,1H3,(H,14,16). The minimum Gasteiger partial charge on any atom is -0.366 e. The summed E-state index contributed by atoms with van der Waals surface area (Å²) in [7, 11) is 0. The Hall–Kier alpha value is -1.33. The fourth-order valence-corrected chi connectivity index (χ4v) is 1.63. The van der Waals surface area contributed by atoms with Crippen molar-refractivity contribution in [3.05, 3.63) is 17.8 Å². The molecule has 1 saturated carbocycles. The largest absolute Gasteiger partial charge is 0.435 e. The number of nitrogens with zero attached hydrogens (tertiary/aromatic N) is 2. The Kier molecular flexibility index (Phi) is 2.73. The van der Waals surface area contributed by atoms with Crippen LogP contribution < -0.4 is 5.32 Å². The Morgan fingerprint density at radius 1 is 1.38 bits per heavy atom. The normalized spacial score (nSPS) is 24.2. The molecule has 2 atom stereocenters. The van der Waals surface area contributed by atoms with Crippen molar-refractivity contribution in [1.29, 1.82) is 0 Å². The second-order valence-electron chi connectivity index (χ2n) is 3.96. The molecule has 6 heteroatoms. The van der Waals surface area contributed by atoms with Gasteiger partial charge in [-0.3, -0.25) is 0 Å². The van der Waals surface area contributed by atoms with Crippen molar-refractivity contribution < 1.29 is 13.2 Å². The molecule has 1 N–H and O–H groups in total. The van der Waals surface area contributed by atoms with E-state index in [4.69, 9.17) is 0 Å². The summed E-state index contributed by atoms with van der Waals surface area (Å²) in [6, 6.07) is 2.61. The summed E-state index contributed by atoms with van der Waals surface area (Å²) in [5.41, 5.74) is -0.958. The van der Waals surface area contributed by atoms with Crippen molar-refractivity contribution >= 4 is 5.82 Å². The Morgan fingerprint density at radius 3 is 2.56 bits per heavy atom. The molecular weight excluding hydrogens is 219 g/mol. The van der Waals surface area contributed by atoms with Crippen molar-refractivity contribution in [3.8, 4) is 0 Å². The smallest absolute Gasteiger partial charge is 0.366 e. The van der Waals surface area contributed by atoms with Gasteiger partial charge in [0, 0.05) is 6.04 Å². The van der Waals surface area contributed by atoms with Gasteiger partial charge in [-0.05, 0) is 24.5 Å². The van der Waals surface area contributed by atoms with E-state index in [1.807, 2.05) is 0 Å². The lowest BCUT2D eigenvalue weighted by atomic mass is 10.3. The highest BCUT2D eigenvalue weighted by Gasteiger charge is 2.36. The van der Waals surface area contributed by atoms with Crippen LogP contribution in [0.1, 0.15) is 25.5 Å². The second kappa shape index (κ2) is 3.92. The number of nitrogens with one attached hydrogen (secondary N) is 1. The number of rotatable bonds is 3. The monoisotopic (exact) mass is 231 g/mol. The molecule has 1 fully saturated rings. The highest BCUT2D eigenvalue weighted by atomic mass is 19.4. The molecule has 0 saturated heterocycles. The van der Waals surface area contributed by atoms with Gasteiger partial charge in [0.05, 0.1) is 0 Å².